The molecule has 1 aromatic heterocycles. The molecule has 0 spiro atoms. The van der Waals surface area contributed by atoms with Crippen LogP contribution in [-0.4, -0.2) is 29.4 Å². The number of nitrogens with one attached hydrogen (secondary N) is 1. The lowest BCUT2D eigenvalue weighted by Gasteiger charge is -2.16. The highest BCUT2D eigenvalue weighted by atomic mass is 35.5. The molecule has 0 radical (unpaired) electrons. The van der Waals surface area contributed by atoms with E-state index in [0.717, 1.165) is 17.0 Å². The number of rotatable bonds is 4. The summed E-state index contributed by atoms with van der Waals surface area (Å²) in [4.78, 5) is 24.9. The Morgan fingerprint density at radius 2 is 1.96 bits per heavy atom. The zero-order valence-corrected chi connectivity index (χ0v) is 14.2. The Hall–Kier alpha value is -3.06. The molecule has 0 aliphatic heterocycles. The molecule has 5 nitrogen and oxygen atoms in total. The van der Waals surface area contributed by atoms with E-state index in [1.165, 1.54) is 25.2 Å². The average Bonchev–Trinajstić information content (AvgIpc) is 3.01. The molecule has 0 fully saturated rings. The molecule has 1 heterocycles. The minimum Gasteiger partial charge on any atom is -0.298 e. The van der Waals surface area contributed by atoms with Crippen molar-refractivity contribution in [3.8, 4) is 11.3 Å². The lowest BCUT2D eigenvalue weighted by Crippen LogP contribution is -2.27. The van der Waals surface area contributed by atoms with Crippen molar-refractivity contribution >= 4 is 29.6 Å². The topological polar surface area (TPSA) is 66.1 Å². The van der Waals surface area contributed by atoms with Crippen molar-refractivity contribution in [1.29, 1.82) is 0 Å². The Kier molecular flexibility index (Phi) is 4.81. The largest absolute Gasteiger partial charge is 0.298 e. The highest BCUT2D eigenvalue weighted by Crippen LogP contribution is 2.35. The van der Waals surface area contributed by atoms with Crippen LogP contribution in [0.1, 0.15) is 20.7 Å². The van der Waals surface area contributed by atoms with E-state index in [4.69, 9.17) is 11.6 Å². The Bertz CT molecular complexity index is 1000. The van der Waals surface area contributed by atoms with E-state index < -0.39 is 17.5 Å². The Morgan fingerprint density at radius 1 is 1.23 bits per heavy atom. The number of H-pyrrole nitrogens is 1. The fourth-order valence-electron chi connectivity index (χ4n) is 2.48. The van der Waals surface area contributed by atoms with Crippen LogP contribution in [0.5, 0.6) is 0 Å². The summed E-state index contributed by atoms with van der Waals surface area (Å²) in [7, 11) is 1.43. The van der Waals surface area contributed by atoms with Gasteiger partial charge in [-0.2, -0.15) is 5.10 Å². The van der Waals surface area contributed by atoms with Crippen LogP contribution in [0.15, 0.2) is 42.5 Å². The number of amides is 1. The summed E-state index contributed by atoms with van der Waals surface area (Å²) in [6.45, 7) is 0. The second kappa shape index (κ2) is 7.05. The smallest absolute Gasteiger partial charge is 0.259 e. The fraction of sp³-hybridized carbons (Fsp3) is 0.0556. The number of carbonyl (C=O) groups excluding carboxylic acids is 2. The first kappa shape index (κ1) is 17.8. The number of anilines is 1. The van der Waals surface area contributed by atoms with Gasteiger partial charge in [-0.1, -0.05) is 29.8 Å². The fourth-order valence-corrected chi connectivity index (χ4v) is 2.80. The number of aromatic nitrogens is 2. The van der Waals surface area contributed by atoms with Gasteiger partial charge in [0.05, 0.1) is 11.3 Å². The molecule has 1 N–H and O–H groups in total. The van der Waals surface area contributed by atoms with Gasteiger partial charge in [-0.05, 0) is 18.2 Å². The van der Waals surface area contributed by atoms with Gasteiger partial charge in [0.2, 0.25) is 0 Å². The molecule has 8 heteroatoms. The third-order valence-electron chi connectivity index (χ3n) is 3.83. The monoisotopic (exact) mass is 375 g/mol. The first-order chi connectivity index (χ1) is 12.4. The summed E-state index contributed by atoms with van der Waals surface area (Å²) >= 11 is 6.25. The van der Waals surface area contributed by atoms with Crippen LogP contribution in [0, 0.1) is 11.6 Å². The minimum absolute atomic E-state index is 0.00468. The van der Waals surface area contributed by atoms with Gasteiger partial charge in [-0.3, -0.25) is 19.6 Å². The molecule has 3 rings (SSSR count). The van der Waals surface area contributed by atoms with Gasteiger partial charge in [0.1, 0.15) is 16.7 Å². The molecule has 0 aliphatic rings. The van der Waals surface area contributed by atoms with Crippen LogP contribution in [-0.2, 0) is 0 Å². The molecule has 0 bridgehead atoms. The van der Waals surface area contributed by atoms with Crippen molar-refractivity contribution in [3.05, 3.63) is 70.2 Å². The van der Waals surface area contributed by atoms with E-state index in [-0.39, 0.29) is 33.2 Å². The number of halogens is 3. The van der Waals surface area contributed by atoms with E-state index >= 15 is 0 Å². The standard InChI is InChI=1S/C18H12ClF2N3O2/c1-24(18(26)12-5-3-2-4-10(12)9-25)17-15(19)16(22-23-17)13-7-6-11(20)8-14(13)21/h2-9H,1H3,(H,22,23). The SMILES string of the molecule is CN(C(=O)c1ccccc1C=O)c1n[nH]c(-c2ccc(F)cc2F)c1Cl. The van der Waals surface area contributed by atoms with Gasteiger partial charge in [0.25, 0.3) is 5.91 Å². The summed E-state index contributed by atoms with van der Waals surface area (Å²) in [5.74, 6) is -1.99. The number of hydrogen-bond acceptors (Lipinski definition) is 3. The summed E-state index contributed by atoms with van der Waals surface area (Å²) in [6.07, 6.45) is 0.576. The predicted molar refractivity (Wildman–Crippen MR) is 93.5 cm³/mol. The van der Waals surface area contributed by atoms with Crippen LogP contribution < -0.4 is 4.90 Å². The normalized spacial score (nSPS) is 10.6. The second-order valence-corrected chi connectivity index (χ2v) is 5.81. The maximum Gasteiger partial charge on any atom is 0.259 e. The van der Waals surface area contributed by atoms with Crippen molar-refractivity contribution in [2.75, 3.05) is 11.9 Å². The van der Waals surface area contributed by atoms with Crippen LogP contribution >= 0.6 is 11.6 Å². The number of benzene rings is 2. The molecular weight excluding hydrogens is 364 g/mol. The van der Waals surface area contributed by atoms with Crippen molar-refractivity contribution in [1.82, 2.24) is 10.2 Å². The summed E-state index contributed by atoms with van der Waals surface area (Å²) < 4.78 is 27.1. The number of aldehydes is 1. The summed E-state index contributed by atoms with van der Waals surface area (Å²) in [6, 6.07) is 9.31. The minimum atomic E-state index is -0.817. The predicted octanol–water partition coefficient (Wildman–Crippen LogP) is 4.10. The van der Waals surface area contributed by atoms with Gasteiger partial charge in [0, 0.05) is 24.2 Å². The van der Waals surface area contributed by atoms with Crippen molar-refractivity contribution in [3.63, 3.8) is 0 Å². The lowest BCUT2D eigenvalue weighted by atomic mass is 10.1. The highest BCUT2D eigenvalue weighted by molar-refractivity contribution is 6.36. The van der Waals surface area contributed by atoms with Crippen molar-refractivity contribution in [2.24, 2.45) is 0 Å². The number of carbonyl (C=O) groups is 2. The van der Waals surface area contributed by atoms with Gasteiger partial charge in [-0.25, -0.2) is 8.78 Å². The molecule has 26 heavy (non-hydrogen) atoms. The Balaban J connectivity index is 1.99. The molecule has 132 valence electrons. The third-order valence-corrected chi connectivity index (χ3v) is 4.19. The number of aromatic amines is 1. The van der Waals surface area contributed by atoms with Gasteiger partial charge in [-0.15, -0.1) is 0 Å². The second-order valence-electron chi connectivity index (χ2n) is 5.43. The maximum atomic E-state index is 14.0. The third kappa shape index (κ3) is 3.09. The highest BCUT2D eigenvalue weighted by Gasteiger charge is 2.24. The zero-order chi connectivity index (χ0) is 18.8. The van der Waals surface area contributed by atoms with E-state index in [2.05, 4.69) is 10.2 Å². The molecular formula is C18H12ClF2N3O2. The quantitative estimate of drug-likeness (QED) is 0.698. The van der Waals surface area contributed by atoms with Crippen LogP contribution in [0.4, 0.5) is 14.6 Å². The van der Waals surface area contributed by atoms with E-state index in [1.807, 2.05) is 0 Å². The maximum absolute atomic E-state index is 14.0. The molecule has 2 aromatic carbocycles. The van der Waals surface area contributed by atoms with E-state index in [0.29, 0.717) is 6.29 Å². The number of nitrogens with zero attached hydrogens (tertiary/aromatic N) is 2. The molecule has 0 atom stereocenters. The van der Waals surface area contributed by atoms with Crippen LogP contribution in [0.3, 0.4) is 0 Å². The molecule has 0 saturated heterocycles. The van der Waals surface area contributed by atoms with Gasteiger partial charge >= 0.3 is 0 Å². The van der Waals surface area contributed by atoms with E-state index in [1.54, 1.807) is 12.1 Å². The summed E-state index contributed by atoms with van der Waals surface area (Å²) in [5, 5.41) is 6.51. The molecule has 0 unspecified atom stereocenters. The molecule has 0 aliphatic carbocycles. The van der Waals surface area contributed by atoms with Crippen LogP contribution in [0.2, 0.25) is 5.02 Å². The van der Waals surface area contributed by atoms with Crippen molar-refractivity contribution < 1.29 is 18.4 Å². The first-order valence-electron chi connectivity index (χ1n) is 7.45. The summed E-state index contributed by atoms with van der Waals surface area (Å²) in [5.41, 5.74) is 0.533. The molecule has 3 aromatic rings. The van der Waals surface area contributed by atoms with E-state index in [9.17, 15) is 18.4 Å². The first-order valence-corrected chi connectivity index (χ1v) is 7.83. The zero-order valence-electron chi connectivity index (χ0n) is 13.5. The molecule has 0 saturated carbocycles. The van der Waals surface area contributed by atoms with Gasteiger partial charge < -0.3 is 0 Å². The Labute approximate surface area is 152 Å². The molecule has 1 amide bonds. The van der Waals surface area contributed by atoms with Gasteiger partial charge in [0.15, 0.2) is 12.1 Å². The van der Waals surface area contributed by atoms with Crippen LogP contribution in [0.25, 0.3) is 11.3 Å². The lowest BCUT2D eigenvalue weighted by molar-refractivity contribution is 0.0985. The number of hydrogen-bond donors (Lipinski definition) is 1. The average molecular weight is 376 g/mol. The van der Waals surface area contributed by atoms with Crippen molar-refractivity contribution in [2.45, 2.75) is 0 Å². The Morgan fingerprint density at radius 3 is 2.65 bits per heavy atom.